The van der Waals surface area contributed by atoms with Gasteiger partial charge < -0.3 is 9.73 Å². The predicted molar refractivity (Wildman–Crippen MR) is 131 cm³/mol. The molecule has 3 aromatic rings. The minimum atomic E-state index is 0.121. The van der Waals surface area contributed by atoms with E-state index in [-0.39, 0.29) is 5.91 Å². The van der Waals surface area contributed by atoms with Crippen molar-refractivity contribution in [2.75, 3.05) is 11.1 Å². The summed E-state index contributed by atoms with van der Waals surface area (Å²) in [5.74, 6) is 1.87. The first kappa shape index (κ1) is 23.4. The molecule has 2 aromatic carbocycles. The summed E-state index contributed by atoms with van der Waals surface area (Å²) in [4.78, 5) is 17.1. The van der Waals surface area contributed by atoms with Crippen LogP contribution in [-0.2, 0) is 4.79 Å². The van der Waals surface area contributed by atoms with Crippen LogP contribution in [0.5, 0.6) is 0 Å². The van der Waals surface area contributed by atoms with Crippen molar-refractivity contribution < 1.29 is 9.21 Å². The molecule has 1 aromatic heterocycles. The Kier molecular flexibility index (Phi) is 8.59. The van der Waals surface area contributed by atoms with Gasteiger partial charge >= 0.3 is 0 Å². The number of nitrogens with one attached hydrogen (secondary N) is 1. The molecule has 0 atom stereocenters. The Morgan fingerprint density at radius 2 is 1.61 bits per heavy atom. The zero-order chi connectivity index (χ0) is 22.2. The standard InChI is InChI=1S/C26H34N2O2S/c1-18(2)20-12-11-13-21(19(3)4)25(20)28-24(29)16-7-5-6-10-17-31-26-27-22-14-8-9-15-23(22)30-26/h8-9,11-15,18-19H,5-7,10,16-17H2,1-4H3,(H,28,29). The molecule has 31 heavy (non-hydrogen) atoms. The van der Waals surface area contributed by atoms with Crippen molar-refractivity contribution in [2.24, 2.45) is 0 Å². The van der Waals surface area contributed by atoms with Gasteiger partial charge in [-0.15, -0.1) is 0 Å². The lowest BCUT2D eigenvalue weighted by molar-refractivity contribution is -0.116. The van der Waals surface area contributed by atoms with Crippen LogP contribution in [0.2, 0.25) is 0 Å². The number of aromatic nitrogens is 1. The van der Waals surface area contributed by atoms with Crippen LogP contribution in [0, 0.1) is 0 Å². The third-order valence-corrected chi connectivity index (χ3v) is 6.35. The van der Waals surface area contributed by atoms with Crippen LogP contribution >= 0.6 is 11.8 Å². The second kappa shape index (κ2) is 11.4. The molecule has 1 amide bonds. The molecule has 5 heteroatoms. The van der Waals surface area contributed by atoms with Gasteiger partial charge in [-0.25, -0.2) is 4.98 Å². The molecule has 0 saturated heterocycles. The highest BCUT2D eigenvalue weighted by atomic mass is 32.2. The molecule has 0 saturated carbocycles. The number of rotatable bonds is 11. The fourth-order valence-corrected chi connectivity index (χ4v) is 4.55. The molecule has 1 N–H and O–H groups in total. The van der Waals surface area contributed by atoms with E-state index < -0.39 is 0 Å². The number of benzene rings is 2. The fourth-order valence-electron chi connectivity index (χ4n) is 3.71. The second-order valence-electron chi connectivity index (χ2n) is 8.63. The fraction of sp³-hybridized carbons (Fsp3) is 0.462. The molecule has 0 spiro atoms. The summed E-state index contributed by atoms with van der Waals surface area (Å²) in [5, 5.41) is 3.96. The summed E-state index contributed by atoms with van der Waals surface area (Å²) in [5.41, 5.74) is 5.21. The van der Waals surface area contributed by atoms with Gasteiger partial charge in [0.1, 0.15) is 5.52 Å². The van der Waals surface area contributed by atoms with Gasteiger partial charge in [0.2, 0.25) is 5.91 Å². The van der Waals surface area contributed by atoms with Gasteiger partial charge in [-0.3, -0.25) is 4.79 Å². The zero-order valence-electron chi connectivity index (χ0n) is 19.1. The molecule has 4 nitrogen and oxygen atoms in total. The lowest BCUT2D eigenvalue weighted by Crippen LogP contribution is -2.15. The minimum Gasteiger partial charge on any atom is -0.431 e. The number of thioether (sulfide) groups is 1. The summed E-state index contributed by atoms with van der Waals surface area (Å²) in [6.45, 7) is 8.70. The quantitative estimate of drug-likeness (QED) is 0.245. The first-order valence-corrected chi connectivity index (χ1v) is 12.3. The number of para-hydroxylation sites is 3. The lowest BCUT2D eigenvalue weighted by Gasteiger charge is -2.20. The van der Waals surface area contributed by atoms with E-state index >= 15 is 0 Å². The van der Waals surface area contributed by atoms with E-state index in [2.05, 4.69) is 56.2 Å². The van der Waals surface area contributed by atoms with Crippen LogP contribution in [-0.4, -0.2) is 16.6 Å². The first-order valence-electron chi connectivity index (χ1n) is 11.4. The summed E-state index contributed by atoms with van der Waals surface area (Å²) in [6.07, 6.45) is 4.76. The molecule has 0 aliphatic heterocycles. The SMILES string of the molecule is CC(C)c1cccc(C(C)C)c1NC(=O)CCCCCCSc1nc2ccccc2o1. The molecule has 0 fully saturated rings. The predicted octanol–water partition coefficient (Wildman–Crippen LogP) is 7.76. The van der Waals surface area contributed by atoms with Crippen LogP contribution in [0.3, 0.4) is 0 Å². The molecular weight excluding hydrogens is 404 g/mol. The average molecular weight is 439 g/mol. The summed E-state index contributed by atoms with van der Waals surface area (Å²) in [6, 6.07) is 14.2. The Labute approximate surface area is 190 Å². The van der Waals surface area contributed by atoms with Crippen molar-refractivity contribution in [3.63, 3.8) is 0 Å². The van der Waals surface area contributed by atoms with Gasteiger partial charge in [0, 0.05) is 17.9 Å². The van der Waals surface area contributed by atoms with E-state index in [4.69, 9.17) is 4.42 Å². The second-order valence-corrected chi connectivity index (χ2v) is 9.68. The number of unbranched alkanes of at least 4 members (excludes halogenated alkanes) is 3. The van der Waals surface area contributed by atoms with E-state index in [9.17, 15) is 4.79 Å². The maximum atomic E-state index is 12.6. The number of oxazole rings is 1. The van der Waals surface area contributed by atoms with Crippen molar-refractivity contribution in [3.8, 4) is 0 Å². The number of hydrogen-bond donors (Lipinski definition) is 1. The average Bonchev–Trinajstić information content (AvgIpc) is 3.15. The van der Waals surface area contributed by atoms with Crippen molar-refractivity contribution >= 4 is 34.5 Å². The first-order chi connectivity index (χ1) is 15.0. The molecule has 166 valence electrons. The molecular formula is C26H34N2O2S. The van der Waals surface area contributed by atoms with Gasteiger partial charge in [0.25, 0.3) is 5.22 Å². The van der Waals surface area contributed by atoms with Crippen molar-refractivity contribution in [1.82, 2.24) is 4.98 Å². The number of hydrogen-bond acceptors (Lipinski definition) is 4. The smallest absolute Gasteiger partial charge is 0.256 e. The maximum Gasteiger partial charge on any atom is 0.256 e. The third-order valence-electron chi connectivity index (χ3n) is 5.44. The number of carbonyl (C=O) groups excluding carboxylic acids is 1. The zero-order valence-corrected chi connectivity index (χ0v) is 19.9. The Morgan fingerprint density at radius 3 is 2.29 bits per heavy atom. The maximum absolute atomic E-state index is 12.6. The van der Waals surface area contributed by atoms with Gasteiger partial charge in [0.15, 0.2) is 5.58 Å². The van der Waals surface area contributed by atoms with E-state index in [0.717, 1.165) is 53.4 Å². The largest absolute Gasteiger partial charge is 0.431 e. The number of nitrogens with zero attached hydrogens (tertiary/aromatic N) is 1. The van der Waals surface area contributed by atoms with Gasteiger partial charge in [-0.05, 0) is 47.9 Å². The lowest BCUT2D eigenvalue weighted by atomic mass is 9.92. The Balaban J connectivity index is 1.38. The van der Waals surface area contributed by atoms with Gasteiger partial charge in [0.05, 0.1) is 0 Å². The molecule has 0 bridgehead atoms. The molecule has 0 aliphatic carbocycles. The highest BCUT2D eigenvalue weighted by molar-refractivity contribution is 7.99. The summed E-state index contributed by atoms with van der Waals surface area (Å²) in [7, 11) is 0. The van der Waals surface area contributed by atoms with Crippen LogP contribution < -0.4 is 5.32 Å². The number of amides is 1. The van der Waals surface area contributed by atoms with E-state index in [0.29, 0.717) is 18.3 Å². The van der Waals surface area contributed by atoms with E-state index in [1.807, 2.05) is 24.3 Å². The highest BCUT2D eigenvalue weighted by Crippen LogP contribution is 2.32. The Hall–Kier alpha value is -2.27. The monoisotopic (exact) mass is 438 g/mol. The normalized spacial score (nSPS) is 11.5. The van der Waals surface area contributed by atoms with E-state index in [1.165, 1.54) is 11.1 Å². The highest BCUT2D eigenvalue weighted by Gasteiger charge is 2.15. The topological polar surface area (TPSA) is 55.1 Å². The summed E-state index contributed by atoms with van der Waals surface area (Å²) < 4.78 is 5.74. The molecule has 3 rings (SSSR count). The molecule has 0 unspecified atom stereocenters. The summed E-state index contributed by atoms with van der Waals surface area (Å²) >= 11 is 1.66. The number of carbonyl (C=O) groups is 1. The molecule has 0 radical (unpaired) electrons. The number of anilines is 1. The Morgan fingerprint density at radius 1 is 0.935 bits per heavy atom. The van der Waals surface area contributed by atoms with Crippen LogP contribution in [0.4, 0.5) is 5.69 Å². The van der Waals surface area contributed by atoms with Crippen molar-refractivity contribution in [1.29, 1.82) is 0 Å². The minimum absolute atomic E-state index is 0.121. The Bertz CT molecular complexity index is 935. The van der Waals surface area contributed by atoms with Crippen molar-refractivity contribution in [2.45, 2.75) is 76.9 Å². The van der Waals surface area contributed by atoms with Gasteiger partial charge in [-0.2, -0.15) is 0 Å². The van der Waals surface area contributed by atoms with Crippen LogP contribution in [0.25, 0.3) is 11.1 Å². The van der Waals surface area contributed by atoms with Crippen LogP contribution in [0.1, 0.15) is 82.8 Å². The molecule has 0 aliphatic rings. The third kappa shape index (κ3) is 6.60. The van der Waals surface area contributed by atoms with Crippen LogP contribution in [0.15, 0.2) is 52.1 Å². The van der Waals surface area contributed by atoms with E-state index in [1.54, 1.807) is 11.8 Å². The molecule has 1 heterocycles. The van der Waals surface area contributed by atoms with Crippen molar-refractivity contribution in [3.05, 3.63) is 53.6 Å². The number of fused-ring (bicyclic) bond motifs is 1. The van der Waals surface area contributed by atoms with Gasteiger partial charge in [-0.1, -0.05) is 82.6 Å².